The number of nitrogens with one attached hydrogen (secondary N) is 1. The van der Waals surface area contributed by atoms with E-state index in [9.17, 15) is 14.4 Å². The van der Waals surface area contributed by atoms with E-state index in [0.29, 0.717) is 32.7 Å². The number of ether oxygens (including phenoxy) is 1. The molecule has 2 aromatic heterocycles. The van der Waals surface area contributed by atoms with Gasteiger partial charge in [0, 0.05) is 12.1 Å². The smallest absolute Gasteiger partial charge is 0.262 e. The Bertz CT molecular complexity index is 1160. The van der Waals surface area contributed by atoms with Gasteiger partial charge in [0.05, 0.1) is 34.9 Å². The van der Waals surface area contributed by atoms with Crippen molar-refractivity contribution < 1.29 is 14.3 Å². The summed E-state index contributed by atoms with van der Waals surface area (Å²) in [6.45, 7) is 2.28. The van der Waals surface area contributed by atoms with Crippen molar-refractivity contribution in [1.82, 2.24) is 9.55 Å². The van der Waals surface area contributed by atoms with Gasteiger partial charge in [-0.2, -0.15) is 0 Å². The lowest BCUT2D eigenvalue weighted by Gasteiger charge is -2.16. The average Bonchev–Trinajstić information content (AvgIpc) is 3.16. The quantitative estimate of drug-likeness (QED) is 0.389. The second-order valence-corrected chi connectivity index (χ2v) is 8.94. The number of benzene rings is 1. The molecule has 0 fully saturated rings. The summed E-state index contributed by atoms with van der Waals surface area (Å²) < 4.78 is 6.59. The topological polar surface area (TPSA) is 116 Å². The molecule has 0 saturated carbocycles. The molecule has 0 spiro atoms. The molecular weight excluding hydrogens is 448 g/mol. The van der Waals surface area contributed by atoms with Crippen LogP contribution in [0.4, 0.5) is 5.00 Å². The summed E-state index contributed by atoms with van der Waals surface area (Å²) >= 11 is 8.38. The summed E-state index contributed by atoms with van der Waals surface area (Å²) in [4.78, 5) is 41.6. The van der Waals surface area contributed by atoms with Gasteiger partial charge in [-0.3, -0.25) is 19.0 Å². The van der Waals surface area contributed by atoms with Crippen LogP contribution in [0.2, 0.25) is 5.02 Å². The molecule has 0 radical (unpaired) electrons. The number of hydrogen-bond acceptors (Lipinski definition) is 7. The summed E-state index contributed by atoms with van der Waals surface area (Å²) in [5, 5.41) is 5.43. The Labute approximate surface area is 185 Å². The molecule has 3 N–H and O–H groups in total. The second kappa shape index (κ2) is 9.61. The van der Waals surface area contributed by atoms with Crippen LogP contribution in [0.15, 0.2) is 39.6 Å². The third kappa shape index (κ3) is 4.84. The minimum Gasteiger partial charge on any atom is -0.383 e. The van der Waals surface area contributed by atoms with Crippen molar-refractivity contribution in [1.29, 1.82) is 0 Å². The number of amides is 2. The molecule has 0 saturated heterocycles. The van der Waals surface area contributed by atoms with E-state index in [1.54, 1.807) is 43.7 Å². The number of nitrogens with two attached hydrogens (primary N) is 1. The van der Waals surface area contributed by atoms with Crippen LogP contribution in [0.3, 0.4) is 0 Å². The number of nitrogens with zero attached hydrogens (tertiary/aromatic N) is 2. The Kier molecular flexibility index (Phi) is 7.14. The number of thioether (sulfide) groups is 1. The van der Waals surface area contributed by atoms with Crippen molar-refractivity contribution in [3.8, 4) is 0 Å². The molecule has 2 heterocycles. The lowest BCUT2D eigenvalue weighted by Crippen LogP contribution is -2.28. The van der Waals surface area contributed by atoms with Gasteiger partial charge in [0.25, 0.3) is 11.5 Å². The number of hydrogen-bond donors (Lipinski definition) is 2. The van der Waals surface area contributed by atoms with Crippen LogP contribution in [0.1, 0.15) is 17.3 Å². The Morgan fingerprint density at radius 2 is 2.17 bits per heavy atom. The predicted molar refractivity (Wildman–Crippen MR) is 120 cm³/mol. The number of primary amides is 1. The van der Waals surface area contributed by atoms with Crippen molar-refractivity contribution in [3.05, 3.63) is 50.6 Å². The minimum atomic E-state index is -0.617. The zero-order chi connectivity index (χ0) is 21.8. The number of methoxy groups -OCH3 is 1. The standard InChI is InChI=1S/C19H19ClN4O4S2/c1-10(16(26)23-17-13(15(21)25)5-8-29-17)30-19-22-14-9-11(20)3-4-12(14)18(27)24(19)6-7-28-2/h3-5,8-10H,6-7H2,1-2H3,(H2,21,25)(H,23,26). The Morgan fingerprint density at radius 3 is 2.87 bits per heavy atom. The number of carbonyl (C=O) groups is 2. The van der Waals surface area contributed by atoms with E-state index in [4.69, 9.17) is 22.1 Å². The van der Waals surface area contributed by atoms with Gasteiger partial charge in [0.15, 0.2) is 5.16 Å². The normalized spacial score (nSPS) is 12.1. The summed E-state index contributed by atoms with van der Waals surface area (Å²) in [5.41, 5.74) is 5.79. The van der Waals surface area contributed by atoms with Crippen LogP contribution < -0.4 is 16.6 Å². The van der Waals surface area contributed by atoms with Gasteiger partial charge >= 0.3 is 0 Å². The molecule has 30 heavy (non-hydrogen) atoms. The molecule has 0 aliphatic heterocycles. The highest BCUT2D eigenvalue weighted by atomic mass is 35.5. The monoisotopic (exact) mass is 466 g/mol. The van der Waals surface area contributed by atoms with E-state index in [1.165, 1.54) is 15.9 Å². The van der Waals surface area contributed by atoms with Crippen LogP contribution in [0.5, 0.6) is 0 Å². The van der Waals surface area contributed by atoms with E-state index in [-0.39, 0.29) is 23.6 Å². The first kappa shape index (κ1) is 22.3. The SMILES string of the molecule is COCCn1c(SC(C)C(=O)Nc2sccc2C(N)=O)nc2cc(Cl)ccc2c1=O. The first-order chi connectivity index (χ1) is 14.3. The van der Waals surface area contributed by atoms with Crippen LogP contribution in [-0.4, -0.2) is 40.3 Å². The number of halogens is 1. The molecule has 0 aliphatic carbocycles. The molecule has 11 heteroatoms. The fraction of sp³-hybridized carbons (Fsp3) is 0.263. The maximum atomic E-state index is 13.0. The number of fused-ring (bicyclic) bond motifs is 1. The lowest BCUT2D eigenvalue weighted by atomic mass is 10.2. The van der Waals surface area contributed by atoms with Crippen LogP contribution >= 0.6 is 34.7 Å². The zero-order valence-corrected chi connectivity index (χ0v) is 18.6. The van der Waals surface area contributed by atoms with Gasteiger partial charge in [0.2, 0.25) is 5.91 Å². The van der Waals surface area contributed by atoms with Gasteiger partial charge in [-0.25, -0.2) is 4.98 Å². The van der Waals surface area contributed by atoms with Crippen molar-refractivity contribution in [3.63, 3.8) is 0 Å². The summed E-state index contributed by atoms with van der Waals surface area (Å²) in [6.07, 6.45) is 0. The number of thiophene rings is 1. The Morgan fingerprint density at radius 1 is 1.40 bits per heavy atom. The van der Waals surface area contributed by atoms with E-state index in [0.717, 1.165) is 11.8 Å². The first-order valence-corrected chi connectivity index (χ1v) is 11.0. The van der Waals surface area contributed by atoms with Gasteiger partial charge in [-0.1, -0.05) is 23.4 Å². The van der Waals surface area contributed by atoms with Crippen molar-refractivity contribution >= 4 is 62.4 Å². The van der Waals surface area contributed by atoms with Crippen molar-refractivity contribution in [2.24, 2.45) is 5.73 Å². The minimum absolute atomic E-state index is 0.238. The molecule has 1 unspecified atom stereocenters. The molecule has 3 aromatic rings. The molecule has 158 valence electrons. The van der Waals surface area contributed by atoms with Gasteiger partial charge in [-0.15, -0.1) is 11.3 Å². The predicted octanol–water partition coefficient (Wildman–Crippen LogP) is 2.98. The van der Waals surface area contributed by atoms with Crippen LogP contribution in [0, 0.1) is 0 Å². The largest absolute Gasteiger partial charge is 0.383 e. The highest BCUT2D eigenvalue weighted by molar-refractivity contribution is 8.00. The molecule has 0 bridgehead atoms. The fourth-order valence-electron chi connectivity index (χ4n) is 2.67. The molecule has 8 nitrogen and oxygen atoms in total. The fourth-order valence-corrected chi connectivity index (χ4v) is 4.57. The number of anilines is 1. The lowest BCUT2D eigenvalue weighted by molar-refractivity contribution is -0.115. The van der Waals surface area contributed by atoms with E-state index >= 15 is 0 Å². The van der Waals surface area contributed by atoms with E-state index < -0.39 is 11.2 Å². The van der Waals surface area contributed by atoms with Gasteiger partial charge in [-0.05, 0) is 36.6 Å². The van der Waals surface area contributed by atoms with Crippen LogP contribution in [0.25, 0.3) is 10.9 Å². The number of rotatable bonds is 8. The van der Waals surface area contributed by atoms with Gasteiger partial charge in [0.1, 0.15) is 5.00 Å². The van der Waals surface area contributed by atoms with Crippen molar-refractivity contribution in [2.45, 2.75) is 23.9 Å². The summed E-state index contributed by atoms with van der Waals surface area (Å²) in [5.74, 6) is -0.961. The zero-order valence-electron chi connectivity index (χ0n) is 16.2. The molecule has 1 aromatic carbocycles. The maximum absolute atomic E-state index is 13.0. The molecule has 2 amide bonds. The molecule has 3 rings (SSSR count). The highest BCUT2D eigenvalue weighted by Crippen LogP contribution is 2.27. The third-order valence-electron chi connectivity index (χ3n) is 4.22. The Balaban J connectivity index is 1.90. The molecule has 0 aliphatic rings. The highest BCUT2D eigenvalue weighted by Gasteiger charge is 2.21. The number of carbonyl (C=O) groups excluding carboxylic acids is 2. The van der Waals surface area contributed by atoms with Crippen molar-refractivity contribution in [2.75, 3.05) is 19.0 Å². The molecular formula is C19H19ClN4O4S2. The third-order valence-corrected chi connectivity index (χ3v) is 6.38. The summed E-state index contributed by atoms with van der Waals surface area (Å²) in [6, 6.07) is 6.42. The van der Waals surface area contributed by atoms with Crippen LogP contribution in [-0.2, 0) is 16.1 Å². The van der Waals surface area contributed by atoms with E-state index in [1.807, 2.05) is 0 Å². The Hall–Kier alpha value is -2.40. The maximum Gasteiger partial charge on any atom is 0.262 e. The average molecular weight is 467 g/mol. The number of aromatic nitrogens is 2. The first-order valence-electron chi connectivity index (χ1n) is 8.85. The summed E-state index contributed by atoms with van der Waals surface area (Å²) in [7, 11) is 1.54. The molecule has 1 atom stereocenters. The van der Waals surface area contributed by atoms with Gasteiger partial charge < -0.3 is 15.8 Å². The second-order valence-electron chi connectivity index (χ2n) is 6.28. The van der Waals surface area contributed by atoms with E-state index in [2.05, 4.69) is 10.3 Å².